The fraction of sp³-hybridized carbons (Fsp3) is 0.286. The normalized spacial score (nSPS) is 17.1. The fourth-order valence-electron chi connectivity index (χ4n) is 2.43. The Morgan fingerprint density at radius 2 is 2.14 bits per heavy atom. The summed E-state index contributed by atoms with van der Waals surface area (Å²) >= 11 is 0. The Hall–Kier alpha value is -2.70. The van der Waals surface area contributed by atoms with E-state index in [1.54, 1.807) is 11.6 Å². The lowest BCUT2D eigenvalue weighted by molar-refractivity contribution is -0.139. The molecule has 7 nitrogen and oxygen atoms in total. The predicted octanol–water partition coefficient (Wildman–Crippen LogP) is 1.53. The second kappa shape index (κ2) is 5.35. The first kappa shape index (κ1) is 13.3. The van der Waals surface area contributed by atoms with Gasteiger partial charge in [-0.25, -0.2) is 4.79 Å². The number of tetrazole rings is 1. The van der Waals surface area contributed by atoms with Crippen LogP contribution in [0, 0.1) is 0 Å². The van der Waals surface area contributed by atoms with Gasteiger partial charge < -0.3 is 10.1 Å². The zero-order chi connectivity index (χ0) is 14.8. The molecule has 2 aromatic rings. The van der Waals surface area contributed by atoms with Crippen LogP contribution in [-0.2, 0) is 9.53 Å². The first-order valence-corrected chi connectivity index (χ1v) is 6.70. The van der Waals surface area contributed by atoms with Crippen molar-refractivity contribution < 1.29 is 9.53 Å². The number of fused-ring (bicyclic) bond motifs is 1. The van der Waals surface area contributed by atoms with Crippen LogP contribution >= 0.6 is 0 Å². The molecule has 0 fully saturated rings. The van der Waals surface area contributed by atoms with Crippen LogP contribution in [0.25, 0.3) is 0 Å². The van der Waals surface area contributed by atoms with E-state index in [9.17, 15) is 4.79 Å². The largest absolute Gasteiger partial charge is 0.463 e. The van der Waals surface area contributed by atoms with Gasteiger partial charge in [0.25, 0.3) is 0 Å². The van der Waals surface area contributed by atoms with Crippen LogP contribution in [0.5, 0.6) is 0 Å². The van der Waals surface area contributed by atoms with Crippen LogP contribution in [0.15, 0.2) is 41.6 Å². The maximum Gasteiger partial charge on any atom is 0.338 e. The molecule has 0 radical (unpaired) electrons. The molecule has 0 spiro atoms. The van der Waals surface area contributed by atoms with Crippen molar-refractivity contribution in [3.8, 4) is 0 Å². The molecule has 1 aliphatic heterocycles. The molecule has 2 heterocycles. The average molecular weight is 285 g/mol. The molecule has 1 atom stereocenters. The average Bonchev–Trinajstić information content (AvgIpc) is 2.94. The summed E-state index contributed by atoms with van der Waals surface area (Å²) in [5.74, 6) is 0.145. The van der Waals surface area contributed by atoms with E-state index in [1.807, 2.05) is 37.3 Å². The smallest absolute Gasteiger partial charge is 0.338 e. The molecule has 0 saturated heterocycles. The van der Waals surface area contributed by atoms with Gasteiger partial charge in [0.05, 0.1) is 12.2 Å². The fourth-order valence-corrected chi connectivity index (χ4v) is 2.43. The number of benzene rings is 1. The van der Waals surface area contributed by atoms with Gasteiger partial charge in [0.15, 0.2) is 0 Å². The number of ether oxygens (including phenoxy) is 1. The van der Waals surface area contributed by atoms with Gasteiger partial charge in [0.1, 0.15) is 6.04 Å². The van der Waals surface area contributed by atoms with E-state index < -0.39 is 6.04 Å². The minimum Gasteiger partial charge on any atom is -0.463 e. The Bertz CT molecular complexity index is 692. The van der Waals surface area contributed by atoms with Gasteiger partial charge in [-0.05, 0) is 29.8 Å². The second-order valence-corrected chi connectivity index (χ2v) is 4.64. The molecule has 0 saturated carbocycles. The van der Waals surface area contributed by atoms with Crippen LogP contribution in [0.2, 0.25) is 0 Å². The first-order valence-electron chi connectivity index (χ1n) is 6.70. The van der Waals surface area contributed by atoms with E-state index in [4.69, 9.17) is 4.74 Å². The third-order valence-corrected chi connectivity index (χ3v) is 3.32. The van der Waals surface area contributed by atoms with Crippen molar-refractivity contribution in [2.24, 2.45) is 0 Å². The zero-order valence-corrected chi connectivity index (χ0v) is 11.8. The maximum atomic E-state index is 12.3. The Morgan fingerprint density at radius 3 is 2.86 bits per heavy atom. The molecule has 3 rings (SSSR count). The zero-order valence-electron chi connectivity index (χ0n) is 11.8. The summed E-state index contributed by atoms with van der Waals surface area (Å²) < 4.78 is 6.77. The molecule has 1 aliphatic rings. The maximum absolute atomic E-state index is 12.3. The minimum absolute atomic E-state index is 0.319. The molecule has 1 aromatic carbocycles. The van der Waals surface area contributed by atoms with E-state index in [1.165, 1.54) is 0 Å². The minimum atomic E-state index is -0.392. The number of nitrogens with zero attached hydrogens (tertiary/aromatic N) is 4. The highest BCUT2D eigenvalue weighted by Crippen LogP contribution is 2.34. The summed E-state index contributed by atoms with van der Waals surface area (Å²) in [7, 11) is 0. The topological polar surface area (TPSA) is 81.9 Å². The second-order valence-electron chi connectivity index (χ2n) is 4.64. The summed E-state index contributed by atoms with van der Waals surface area (Å²) in [6, 6.07) is 9.24. The molecule has 1 aromatic heterocycles. The third kappa shape index (κ3) is 2.26. The van der Waals surface area contributed by atoms with Crippen LogP contribution in [0.3, 0.4) is 0 Å². The Morgan fingerprint density at radius 1 is 1.38 bits per heavy atom. The van der Waals surface area contributed by atoms with Crippen molar-refractivity contribution in [1.82, 2.24) is 20.2 Å². The molecule has 1 N–H and O–H groups in total. The van der Waals surface area contributed by atoms with E-state index in [-0.39, 0.29) is 5.97 Å². The molecule has 108 valence electrons. The highest BCUT2D eigenvalue weighted by Gasteiger charge is 2.34. The summed E-state index contributed by atoms with van der Waals surface area (Å²) in [6.45, 7) is 3.92. The number of hydrogen-bond donors (Lipinski definition) is 1. The summed E-state index contributed by atoms with van der Waals surface area (Å²) in [4.78, 5) is 12.3. The lowest BCUT2D eigenvalue weighted by atomic mass is 9.96. The summed E-state index contributed by atoms with van der Waals surface area (Å²) in [5, 5.41) is 14.6. The quantitative estimate of drug-likeness (QED) is 0.861. The van der Waals surface area contributed by atoms with Crippen molar-refractivity contribution in [2.45, 2.75) is 19.9 Å². The number of nitrogens with one attached hydrogen (secondary N) is 1. The summed E-state index contributed by atoms with van der Waals surface area (Å²) in [5.41, 5.74) is 2.14. The van der Waals surface area contributed by atoms with Gasteiger partial charge in [0.2, 0.25) is 5.95 Å². The van der Waals surface area contributed by atoms with Gasteiger partial charge in [0, 0.05) is 5.70 Å². The number of carbonyl (C=O) groups excluding carboxylic acids is 1. The van der Waals surface area contributed by atoms with E-state index >= 15 is 0 Å². The van der Waals surface area contributed by atoms with Crippen LogP contribution in [0.1, 0.15) is 25.5 Å². The number of hydrogen-bond acceptors (Lipinski definition) is 6. The van der Waals surface area contributed by atoms with E-state index in [2.05, 4.69) is 20.8 Å². The van der Waals surface area contributed by atoms with Gasteiger partial charge in [-0.1, -0.05) is 35.4 Å². The van der Waals surface area contributed by atoms with E-state index in [0.717, 1.165) is 5.56 Å². The molecule has 7 heteroatoms. The highest BCUT2D eigenvalue weighted by molar-refractivity contribution is 5.92. The summed E-state index contributed by atoms with van der Waals surface area (Å²) in [6.07, 6.45) is 0. The molecular weight excluding hydrogens is 270 g/mol. The first-order chi connectivity index (χ1) is 10.2. The Labute approximate surface area is 121 Å². The molecule has 21 heavy (non-hydrogen) atoms. The van der Waals surface area contributed by atoms with Crippen molar-refractivity contribution in [3.63, 3.8) is 0 Å². The van der Waals surface area contributed by atoms with Crippen LogP contribution < -0.4 is 5.32 Å². The Balaban J connectivity index is 2.13. The third-order valence-electron chi connectivity index (χ3n) is 3.32. The molecule has 0 unspecified atom stereocenters. The van der Waals surface area contributed by atoms with Crippen molar-refractivity contribution in [1.29, 1.82) is 0 Å². The number of esters is 1. The number of aromatic nitrogens is 4. The molecule has 0 aliphatic carbocycles. The van der Waals surface area contributed by atoms with E-state index in [0.29, 0.717) is 23.8 Å². The molecular formula is C14H15N5O2. The number of rotatable bonds is 3. The van der Waals surface area contributed by atoms with Gasteiger partial charge >= 0.3 is 5.97 Å². The SMILES string of the molecule is CCOC(=O)C1=C(C)Nc2nnnn2[C@@H]1c1ccccc1. The molecule has 0 bridgehead atoms. The lowest BCUT2D eigenvalue weighted by Crippen LogP contribution is -2.29. The van der Waals surface area contributed by atoms with Crippen LogP contribution in [-0.4, -0.2) is 32.8 Å². The number of anilines is 1. The van der Waals surface area contributed by atoms with Gasteiger partial charge in [-0.3, -0.25) is 0 Å². The van der Waals surface area contributed by atoms with Crippen molar-refractivity contribution in [2.75, 3.05) is 11.9 Å². The highest BCUT2D eigenvalue weighted by atomic mass is 16.5. The van der Waals surface area contributed by atoms with Crippen LogP contribution in [0.4, 0.5) is 5.95 Å². The number of allylic oxidation sites excluding steroid dienone is 1. The Kier molecular flexibility index (Phi) is 3.39. The van der Waals surface area contributed by atoms with Gasteiger partial charge in [-0.15, -0.1) is 0 Å². The van der Waals surface area contributed by atoms with Crippen molar-refractivity contribution in [3.05, 3.63) is 47.2 Å². The monoisotopic (exact) mass is 285 g/mol. The van der Waals surface area contributed by atoms with Crippen molar-refractivity contribution >= 4 is 11.9 Å². The standard InChI is InChI=1S/C14H15N5O2/c1-3-21-13(20)11-9(2)15-14-16-17-18-19(14)12(11)10-7-5-4-6-8-10/h4-8,12H,3H2,1-2H3,(H,15,16,18)/t12-/m1/s1. The predicted molar refractivity (Wildman–Crippen MR) is 75.4 cm³/mol. The number of carbonyl (C=O) groups is 1. The lowest BCUT2D eigenvalue weighted by Gasteiger charge is -2.27. The van der Waals surface area contributed by atoms with Gasteiger partial charge in [-0.2, -0.15) is 4.68 Å². The molecule has 0 amide bonds.